The molecule has 0 aliphatic carbocycles. The van der Waals surface area contributed by atoms with Crippen LogP contribution in [0.3, 0.4) is 0 Å². The van der Waals surface area contributed by atoms with E-state index >= 15 is 0 Å². The summed E-state index contributed by atoms with van der Waals surface area (Å²) >= 11 is 5.84. The van der Waals surface area contributed by atoms with Gasteiger partial charge in [0.05, 0.1) is 0 Å². The number of benzene rings is 1. The lowest BCUT2D eigenvalue weighted by Crippen LogP contribution is -2.33. The third kappa shape index (κ3) is 9.42. The standard InChI is InChI=1S/C15H24ClN3.HI/c1-12(2)9-11-19-15(17)18-10-3-4-13-5-7-14(16)8-6-13;/h5-8,12H,3-4,9-11H2,1-2H3,(H3,17,18,19);1H. The average molecular weight is 410 g/mol. The van der Waals surface area contributed by atoms with E-state index in [2.05, 4.69) is 36.3 Å². The molecule has 0 aliphatic rings. The van der Waals surface area contributed by atoms with Crippen LogP contribution >= 0.6 is 35.6 Å². The summed E-state index contributed by atoms with van der Waals surface area (Å²) in [5, 5.41) is 3.91. The van der Waals surface area contributed by atoms with Crippen molar-refractivity contribution in [3.63, 3.8) is 0 Å². The molecule has 0 amide bonds. The highest BCUT2D eigenvalue weighted by Gasteiger charge is 1.96. The van der Waals surface area contributed by atoms with Crippen molar-refractivity contribution in [1.29, 1.82) is 0 Å². The summed E-state index contributed by atoms with van der Waals surface area (Å²) in [7, 11) is 0. The lowest BCUT2D eigenvalue weighted by atomic mass is 10.1. The molecule has 1 aromatic carbocycles. The SMILES string of the molecule is CC(C)CCNC(N)=NCCCc1ccc(Cl)cc1.I. The molecule has 0 spiro atoms. The van der Waals surface area contributed by atoms with E-state index in [0.29, 0.717) is 11.9 Å². The minimum Gasteiger partial charge on any atom is -0.370 e. The van der Waals surface area contributed by atoms with Crippen LogP contribution in [0.5, 0.6) is 0 Å². The molecule has 0 radical (unpaired) electrons. The first-order valence-corrected chi connectivity index (χ1v) is 7.24. The molecule has 3 nitrogen and oxygen atoms in total. The van der Waals surface area contributed by atoms with Gasteiger partial charge in [0.15, 0.2) is 5.96 Å². The molecule has 1 rings (SSSR count). The Morgan fingerprint density at radius 2 is 1.95 bits per heavy atom. The topological polar surface area (TPSA) is 50.4 Å². The Bertz CT molecular complexity index is 391. The minimum absolute atomic E-state index is 0. The number of guanidine groups is 1. The van der Waals surface area contributed by atoms with Crippen molar-refractivity contribution in [2.45, 2.75) is 33.1 Å². The quantitative estimate of drug-likeness (QED) is 0.311. The van der Waals surface area contributed by atoms with Crippen LogP contribution in [0.2, 0.25) is 5.02 Å². The van der Waals surface area contributed by atoms with E-state index in [1.54, 1.807) is 0 Å². The first kappa shape index (κ1) is 19.5. The van der Waals surface area contributed by atoms with Gasteiger partial charge in [-0.05, 0) is 42.9 Å². The molecule has 0 saturated heterocycles. The average Bonchev–Trinajstić information content (AvgIpc) is 2.36. The summed E-state index contributed by atoms with van der Waals surface area (Å²) in [4.78, 5) is 4.31. The highest BCUT2D eigenvalue weighted by molar-refractivity contribution is 14.0. The van der Waals surface area contributed by atoms with Crippen molar-refractivity contribution in [3.8, 4) is 0 Å². The summed E-state index contributed by atoms with van der Waals surface area (Å²) < 4.78 is 0. The first-order valence-electron chi connectivity index (χ1n) is 6.86. The Balaban J connectivity index is 0.00000361. The van der Waals surface area contributed by atoms with Crippen LogP contribution in [0.4, 0.5) is 0 Å². The number of aryl methyl sites for hydroxylation is 1. The number of hydrogen-bond acceptors (Lipinski definition) is 1. The lowest BCUT2D eigenvalue weighted by Gasteiger charge is -2.07. The van der Waals surface area contributed by atoms with Crippen molar-refractivity contribution in [2.75, 3.05) is 13.1 Å². The lowest BCUT2D eigenvalue weighted by molar-refractivity contribution is 0.576. The molecule has 0 unspecified atom stereocenters. The van der Waals surface area contributed by atoms with Crippen LogP contribution in [0.1, 0.15) is 32.3 Å². The molecule has 20 heavy (non-hydrogen) atoms. The van der Waals surface area contributed by atoms with E-state index in [1.165, 1.54) is 5.56 Å². The molecular formula is C15H25ClIN3. The summed E-state index contributed by atoms with van der Waals surface area (Å²) in [6.45, 7) is 6.04. The Kier molecular flexibility index (Phi) is 10.9. The molecule has 0 atom stereocenters. The predicted octanol–water partition coefficient (Wildman–Crippen LogP) is 3.84. The number of rotatable bonds is 7. The van der Waals surface area contributed by atoms with Crippen molar-refractivity contribution in [3.05, 3.63) is 34.9 Å². The van der Waals surface area contributed by atoms with Crippen LogP contribution in [0.25, 0.3) is 0 Å². The van der Waals surface area contributed by atoms with Crippen LogP contribution in [-0.4, -0.2) is 19.0 Å². The van der Waals surface area contributed by atoms with Crippen molar-refractivity contribution >= 4 is 41.5 Å². The van der Waals surface area contributed by atoms with Gasteiger partial charge in [-0.15, -0.1) is 24.0 Å². The molecule has 114 valence electrons. The maximum Gasteiger partial charge on any atom is 0.188 e. The summed E-state index contributed by atoms with van der Waals surface area (Å²) in [6, 6.07) is 7.94. The zero-order chi connectivity index (χ0) is 14.1. The summed E-state index contributed by atoms with van der Waals surface area (Å²) in [5.41, 5.74) is 7.06. The number of nitrogens with zero attached hydrogens (tertiary/aromatic N) is 1. The van der Waals surface area contributed by atoms with E-state index in [4.69, 9.17) is 17.3 Å². The van der Waals surface area contributed by atoms with Gasteiger partial charge < -0.3 is 11.1 Å². The zero-order valence-corrected chi connectivity index (χ0v) is 15.3. The van der Waals surface area contributed by atoms with Crippen molar-refractivity contribution < 1.29 is 0 Å². The normalized spacial score (nSPS) is 11.3. The van der Waals surface area contributed by atoms with E-state index in [-0.39, 0.29) is 24.0 Å². The Labute approximate surface area is 144 Å². The number of nitrogens with two attached hydrogens (primary N) is 1. The minimum atomic E-state index is 0. The predicted molar refractivity (Wildman–Crippen MR) is 99.1 cm³/mol. The van der Waals surface area contributed by atoms with Gasteiger partial charge in [0.2, 0.25) is 0 Å². The maximum atomic E-state index is 5.84. The Morgan fingerprint density at radius 1 is 1.30 bits per heavy atom. The molecule has 5 heteroatoms. The molecule has 1 aromatic rings. The number of aliphatic imine (C=N–C) groups is 1. The fourth-order valence-electron chi connectivity index (χ4n) is 1.68. The van der Waals surface area contributed by atoms with Gasteiger partial charge in [-0.25, -0.2) is 0 Å². The molecule has 3 N–H and O–H groups in total. The third-order valence-corrected chi connectivity index (χ3v) is 3.10. The monoisotopic (exact) mass is 409 g/mol. The second kappa shape index (κ2) is 11.2. The van der Waals surface area contributed by atoms with Crippen LogP contribution in [0, 0.1) is 5.92 Å². The largest absolute Gasteiger partial charge is 0.370 e. The van der Waals surface area contributed by atoms with Gasteiger partial charge in [0.1, 0.15) is 0 Å². The molecule has 0 aromatic heterocycles. The smallest absolute Gasteiger partial charge is 0.188 e. The van der Waals surface area contributed by atoms with Gasteiger partial charge in [0, 0.05) is 18.1 Å². The molecule has 0 fully saturated rings. The van der Waals surface area contributed by atoms with E-state index in [1.807, 2.05) is 12.1 Å². The fourth-order valence-corrected chi connectivity index (χ4v) is 1.80. The molecule has 0 bridgehead atoms. The highest BCUT2D eigenvalue weighted by Crippen LogP contribution is 2.10. The molecule has 0 saturated carbocycles. The number of hydrogen-bond donors (Lipinski definition) is 2. The van der Waals surface area contributed by atoms with Crippen molar-refractivity contribution in [2.24, 2.45) is 16.6 Å². The van der Waals surface area contributed by atoms with E-state index < -0.39 is 0 Å². The second-order valence-corrected chi connectivity index (χ2v) is 5.54. The molecular weight excluding hydrogens is 385 g/mol. The van der Waals surface area contributed by atoms with Gasteiger partial charge in [-0.2, -0.15) is 0 Å². The van der Waals surface area contributed by atoms with Crippen LogP contribution < -0.4 is 11.1 Å². The highest BCUT2D eigenvalue weighted by atomic mass is 127. The third-order valence-electron chi connectivity index (χ3n) is 2.85. The fraction of sp³-hybridized carbons (Fsp3) is 0.533. The second-order valence-electron chi connectivity index (χ2n) is 5.11. The molecule has 0 heterocycles. The van der Waals surface area contributed by atoms with Gasteiger partial charge in [0.25, 0.3) is 0 Å². The number of nitrogens with one attached hydrogen (secondary N) is 1. The zero-order valence-electron chi connectivity index (χ0n) is 12.2. The maximum absolute atomic E-state index is 5.84. The van der Waals surface area contributed by atoms with E-state index in [9.17, 15) is 0 Å². The summed E-state index contributed by atoms with van der Waals surface area (Å²) in [5.74, 6) is 1.24. The van der Waals surface area contributed by atoms with Gasteiger partial charge in [-0.1, -0.05) is 37.6 Å². The van der Waals surface area contributed by atoms with Gasteiger partial charge >= 0.3 is 0 Å². The first-order chi connectivity index (χ1) is 9.08. The van der Waals surface area contributed by atoms with Crippen molar-refractivity contribution in [1.82, 2.24) is 5.32 Å². The van der Waals surface area contributed by atoms with Crippen LogP contribution in [0.15, 0.2) is 29.3 Å². The van der Waals surface area contributed by atoms with E-state index in [0.717, 1.165) is 37.4 Å². The van der Waals surface area contributed by atoms with Gasteiger partial charge in [-0.3, -0.25) is 4.99 Å². The van der Waals surface area contributed by atoms with Crippen LogP contribution in [-0.2, 0) is 6.42 Å². The Hall–Kier alpha value is -0.490. The number of halogens is 2. The Morgan fingerprint density at radius 3 is 2.55 bits per heavy atom. The summed E-state index contributed by atoms with van der Waals surface area (Å²) in [6.07, 6.45) is 3.11. The molecule has 0 aliphatic heterocycles.